The van der Waals surface area contributed by atoms with Crippen LogP contribution in [0.4, 0.5) is 5.69 Å². The second-order valence-electron chi connectivity index (χ2n) is 5.59. The maximum Gasteiger partial charge on any atom is 0.341 e. The van der Waals surface area contributed by atoms with E-state index in [1.807, 2.05) is 0 Å². The summed E-state index contributed by atoms with van der Waals surface area (Å²) in [6, 6.07) is 15.0. The molecule has 2 rings (SSSR count). The van der Waals surface area contributed by atoms with Crippen LogP contribution in [0.25, 0.3) is 0 Å². The lowest BCUT2D eigenvalue weighted by Crippen LogP contribution is -2.12. The van der Waals surface area contributed by atoms with Crippen LogP contribution in [-0.4, -0.2) is 23.6 Å². The van der Waals surface area contributed by atoms with Crippen molar-refractivity contribution in [2.45, 2.75) is 26.2 Å². The van der Waals surface area contributed by atoms with Crippen molar-refractivity contribution >= 4 is 17.6 Å². The molecule has 0 aromatic heterocycles. The summed E-state index contributed by atoms with van der Waals surface area (Å²) in [5.74, 6) is -0.614. The van der Waals surface area contributed by atoms with Crippen LogP contribution in [0.3, 0.4) is 0 Å². The molecule has 2 aromatic rings. The summed E-state index contributed by atoms with van der Waals surface area (Å²) >= 11 is 0. The number of aryl methyl sites for hydroxylation is 2. The Labute approximate surface area is 141 Å². The summed E-state index contributed by atoms with van der Waals surface area (Å²) in [6.45, 7) is 1.67. The first kappa shape index (κ1) is 17.5. The fourth-order valence-electron chi connectivity index (χ4n) is 2.21. The van der Waals surface area contributed by atoms with E-state index in [9.17, 15) is 9.59 Å². The number of carboxylic acids is 1. The van der Waals surface area contributed by atoms with Gasteiger partial charge in [0.1, 0.15) is 5.75 Å². The van der Waals surface area contributed by atoms with E-state index in [1.165, 1.54) is 11.1 Å². The Morgan fingerprint density at radius 2 is 1.71 bits per heavy atom. The average Bonchev–Trinajstić information content (AvgIpc) is 2.56. The van der Waals surface area contributed by atoms with Crippen molar-refractivity contribution in [1.29, 1.82) is 0 Å². The Morgan fingerprint density at radius 1 is 1.04 bits per heavy atom. The second kappa shape index (κ2) is 8.72. The van der Waals surface area contributed by atoms with E-state index in [1.54, 1.807) is 24.3 Å². The fourth-order valence-corrected chi connectivity index (χ4v) is 2.21. The molecule has 0 spiro atoms. The summed E-state index contributed by atoms with van der Waals surface area (Å²) in [5.41, 5.74) is 3.12. The number of aliphatic carboxylic acids is 1. The lowest BCUT2D eigenvalue weighted by Gasteiger charge is -2.07. The number of ether oxygens (including phenoxy) is 1. The predicted molar refractivity (Wildman–Crippen MR) is 92.3 cm³/mol. The van der Waals surface area contributed by atoms with E-state index in [-0.39, 0.29) is 12.5 Å². The van der Waals surface area contributed by atoms with Crippen LogP contribution in [0.5, 0.6) is 5.75 Å². The van der Waals surface area contributed by atoms with E-state index in [0.717, 1.165) is 12.8 Å². The van der Waals surface area contributed by atoms with Gasteiger partial charge in [-0.3, -0.25) is 4.79 Å². The first-order chi connectivity index (χ1) is 11.5. The third-order valence-corrected chi connectivity index (χ3v) is 3.49. The summed E-state index contributed by atoms with van der Waals surface area (Å²) < 4.78 is 5.04. The van der Waals surface area contributed by atoms with Crippen molar-refractivity contribution < 1.29 is 19.4 Å². The van der Waals surface area contributed by atoms with Crippen LogP contribution in [0.1, 0.15) is 24.0 Å². The van der Waals surface area contributed by atoms with E-state index in [0.29, 0.717) is 17.9 Å². The normalized spacial score (nSPS) is 10.2. The lowest BCUT2D eigenvalue weighted by atomic mass is 10.1. The standard InChI is InChI=1S/C19H21NO4/c1-14-5-7-15(8-6-14)3-2-4-18(21)20-16-9-11-17(12-10-16)24-13-19(22)23/h5-12H,2-4,13H2,1H3,(H,20,21)(H,22,23). The van der Waals surface area contributed by atoms with Crippen LogP contribution in [0.2, 0.25) is 0 Å². The zero-order valence-electron chi connectivity index (χ0n) is 13.6. The minimum atomic E-state index is -1.03. The van der Waals surface area contributed by atoms with Gasteiger partial charge in [0.25, 0.3) is 0 Å². The molecule has 0 aliphatic rings. The number of rotatable bonds is 8. The van der Waals surface area contributed by atoms with E-state index in [2.05, 4.69) is 36.5 Å². The quantitative estimate of drug-likeness (QED) is 0.779. The number of anilines is 1. The molecule has 2 aromatic carbocycles. The Bertz CT molecular complexity index is 678. The van der Waals surface area contributed by atoms with Crippen molar-refractivity contribution in [1.82, 2.24) is 0 Å². The van der Waals surface area contributed by atoms with Gasteiger partial charge in [-0.05, 0) is 49.6 Å². The second-order valence-corrected chi connectivity index (χ2v) is 5.59. The van der Waals surface area contributed by atoms with Gasteiger partial charge in [-0.25, -0.2) is 4.79 Å². The van der Waals surface area contributed by atoms with Crippen molar-refractivity contribution in [3.05, 3.63) is 59.7 Å². The van der Waals surface area contributed by atoms with Gasteiger partial charge in [0, 0.05) is 12.1 Å². The molecule has 0 aliphatic carbocycles. The first-order valence-electron chi connectivity index (χ1n) is 7.83. The van der Waals surface area contributed by atoms with Gasteiger partial charge < -0.3 is 15.2 Å². The van der Waals surface area contributed by atoms with Crippen LogP contribution >= 0.6 is 0 Å². The smallest absolute Gasteiger partial charge is 0.341 e. The van der Waals surface area contributed by atoms with Gasteiger partial charge in [0.2, 0.25) is 5.91 Å². The molecule has 0 radical (unpaired) electrons. The molecular formula is C19H21NO4. The number of amides is 1. The van der Waals surface area contributed by atoms with Crippen molar-refractivity contribution in [2.75, 3.05) is 11.9 Å². The highest BCUT2D eigenvalue weighted by Crippen LogP contribution is 2.16. The number of nitrogens with one attached hydrogen (secondary N) is 1. The largest absolute Gasteiger partial charge is 0.482 e. The topological polar surface area (TPSA) is 75.6 Å². The van der Waals surface area contributed by atoms with Gasteiger partial charge in [-0.15, -0.1) is 0 Å². The number of carbonyl (C=O) groups is 2. The predicted octanol–water partition coefficient (Wildman–Crippen LogP) is 3.42. The average molecular weight is 327 g/mol. The van der Waals surface area contributed by atoms with Gasteiger partial charge in [0.05, 0.1) is 0 Å². The Balaban J connectivity index is 1.73. The van der Waals surface area contributed by atoms with Crippen LogP contribution in [-0.2, 0) is 16.0 Å². The van der Waals surface area contributed by atoms with E-state index < -0.39 is 5.97 Å². The number of hydrogen-bond donors (Lipinski definition) is 2. The van der Waals surface area contributed by atoms with Gasteiger partial charge in [-0.2, -0.15) is 0 Å². The number of carboxylic acid groups (broad SMARTS) is 1. The summed E-state index contributed by atoms with van der Waals surface area (Å²) in [7, 11) is 0. The van der Waals surface area contributed by atoms with Crippen molar-refractivity contribution in [3.8, 4) is 5.75 Å². The Hall–Kier alpha value is -2.82. The minimum Gasteiger partial charge on any atom is -0.482 e. The van der Waals surface area contributed by atoms with Crippen molar-refractivity contribution in [3.63, 3.8) is 0 Å². The highest BCUT2D eigenvalue weighted by atomic mass is 16.5. The zero-order valence-corrected chi connectivity index (χ0v) is 13.6. The fraction of sp³-hybridized carbons (Fsp3) is 0.263. The first-order valence-corrected chi connectivity index (χ1v) is 7.83. The van der Waals surface area contributed by atoms with E-state index in [4.69, 9.17) is 9.84 Å². The molecule has 0 atom stereocenters. The highest BCUT2D eigenvalue weighted by molar-refractivity contribution is 5.90. The number of carbonyl (C=O) groups excluding carboxylic acids is 1. The monoisotopic (exact) mass is 327 g/mol. The molecule has 0 fully saturated rings. The molecule has 1 amide bonds. The van der Waals surface area contributed by atoms with Gasteiger partial charge >= 0.3 is 5.97 Å². The molecule has 0 heterocycles. The third kappa shape index (κ3) is 6.12. The van der Waals surface area contributed by atoms with Crippen molar-refractivity contribution in [2.24, 2.45) is 0 Å². The molecule has 5 heteroatoms. The number of hydrogen-bond acceptors (Lipinski definition) is 3. The third-order valence-electron chi connectivity index (χ3n) is 3.49. The highest BCUT2D eigenvalue weighted by Gasteiger charge is 2.04. The van der Waals surface area contributed by atoms with Crippen LogP contribution in [0, 0.1) is 6.92 Å². The molecule has 0 aliphatic heterocycles. The maximum absolute atomic E-state index is 11.9. The van der Waals surface area contributed by atoms with E-state index >= 15 is 0 Å². The Morgan fingerprint density at radius 3 is 2.33 bits per heavy atom. The molecule has 0 saturated heterocycles. The molecule has 126 valence electrons. The molecule has 2 N–H and O–H groups in total. The van der Waals surface area contributed by atoms with Crippen LogP contribution < -0.4 is 10.1 Å². The number of benzene rings is 2. The van der Waals surface area contributed by atoms with Gasteiger partial charge in [-0.1, -0.05) is 29.8 Å². The Kier molecular flexibility index (Phi) is 6.37. The minimum absolute atomic E-state index is 0.0404. The molecule has 0 bridgehead atoms. The summed E-state index contributed by atoms with van der Waals surface area (Å²) in [6.07, 6.45) is 2.11. The molecule has 0 saturated carbocycles. The zero-order chi connectivity index (χ0) is 17.4. The van der Waals surface area contributed by atoms with Crippen LogP contribution in [0.15, 0.2) is 48.5 Å². The lowest BCUT2D eigenvalue weighted by molar-refractivity contribution is -0.139. The van der Waals surface area contributed by atoms with Gasteiger partial charge in [0.15, 0.2) is 6.61 Å². The molecule has 5 nitrogen and oxygen atoms in total. The SMILES string of the molecule is Cc1ccc(CCCC(=O)Nc2ccc(OCC(=O)O)cc2)cc1. The molecule has 0 unspecified atom stereocenters. The summed E-state index contributed by atoms with van der Waals surface area (Å²) in [5, 5.41) is 11.4. The molecular weight excluding hydrogens is 306 g/mol. The maximum atomic E-state index is 11.9. The summed E-state index contributed by atoms with van der Waals surface area (Å²) in [4.78, 5) is 22.4. The molecule has 24 heavy (non-hydrogen) atoms.